The Morgan fingerprint density at radius 3 is 2.24 bits per heavy atom. The third kappa shape index (κ3) is 5.58. The van der Waals surface area contributed by atoms with E-state index >= 15 is 0 Å². The molecule has 0 spiro atoms. The van der Waals surface area contributed by atoms with Gasteiger partial charge in [0.1, 0.15) is 11.4 Å². The molecule has 1 atom stereocenters. The van der Waals surface area contributed by atoms with Crippen molar-refractivity contribution in [3.8, 4) is 0 Å². The number of benzene rings is 2. The average Bonchev–Trinajstić information content (AvgIpc) is 2.86. The van der Waals surface area contributed by atoms with E-state index in [9.17, 15) is 19.5 Å². The zero-order valence-corrected chi connectivity index (χ0v) is 21.8. The maximum atomic E-state index is 13.6. The van der Waals surface area contributed by atoms with E-state index < -0.39 is 23.4 Å². The number of aryl methyl sites for hydroxylation is 3. The molecule has 37 heavy (non-hydrogen) atoms. The molecule has 0 saturated heterocycles. The molecule has 4 rings (SSSR count). The molecule has 8 heteroatoms. The second-order valence-electron chi connectivity index (χ2n) is 10.2. The number of urea groups is 1. The first-order chi connectivity index (χ1) is 17.6. The molecule has 1 aliphatic rings. The van der Waals surface area contributed by atoms with E-state index in [0.29, 0.717) is 16.6 Å². The van der Waals surface area contributed by atoms with Crippen LogP contribution in [0.3, 0.4) is 0 Å². The molecule has 1 saturated carbocycles. The minimum Gasteiger partial charge on any atom is -0.480 e. The summed E-state index contributed by atoms with van der Waals surface area (Å²) in [6.07, 6.45) is 4.42. The predicted molar refractivity (Wildman–Crippen MR) is 145 cm³/mol. The lowest BCUT2D eigenvalue weighted by Gasteiger charge is -2.37. The minimum atomic E-state index is -1.43. The Morgan fingerprint density at radius 2 is 1.59 bits per heavy atom. The van der Waals surface area contributed by atoms with Crippen molar-refractivity contribution in [3.05, 3.63) is 64.7 Å². The first-order valence-electron chi connectivity index (χ1n) is 12.7. The van der Waals surface area contributed by atoms with Gasteiger partial charge in [-0.2, -0.15) is 0 Å². The fourth-order valence-corrected chi connectivity index (χ4v) is 5.33. The molecule has 1 fully saturated rings. The molecule has 3 amide bonds. The van der Waals surface area contributed by atoms with Gasteiger partial charge in [0, 0.05) is 11.1 Å². The van der Waals surface area contributed by atoms with Crippen molar-refractivity contribution >= 4 is 40.3 Å². The number of aromatic nitrogens is 1. The molecule has 1 aromatic heterocycles. The number of carbonyl (C=O) groups is 3. The summed E-state index contributed by atoms with van der Waals surface area (Å²) >= 11 is 0. The molecule has 0 aliphatic heterocycles. The monoisotopic (exact) mass is 502 g/mol. The lowest BCUT2D eigenvalue weighted by Crippen LogP contribution is -2.57. The number of aliphatic carboxylic acids is 1. The topological polar surface area (TPSA) is 120 Å². The highest BCUT2D eigenvalue weighted by molar-refractivity contribution is 6.09. The molecule has 1 heterocycles. The highest BCUT2D eigenvalue weighted by atomic mass is 16.4. The Bertz CT molecular complexity index is 1340. The third-order valence-corrected chi connectivity index (χ3v) is 7.36. The second-order valence-corrected chi connectivity index (χ2v) is 10.2. The number of nitrogens with zero attached hydrogens (tertiary/aromatic N) is 1. The van der Waals surface area contributed by atoms with Crippen LogP contribution in [0.4, 0.5) is 16.3 Å². The van der Waals surface area contributed by atoms with Gasteiger partial charge in [-0.05, 0) is 69.7 Å². The highest BCUT2D eigenvalue weighted by Gasteiger charge is 2.43. The number of anilines is 2. The van der Waals surface area contributed by atoms with E-state index in [1.807, 2.05) is 51.1 Å². The number of carbonyl (C=O) groups excluding carboxylic acids is 2. The largest absolute Gasteiger partial charge is 0.480 e. The summed E-state index contributed by atoms with van der Waals surface area (Å²) < 4.78 is 0. The Balaban J connectivity index is 1.66. The zero-order valence-electron chi connectivity index (χ0n) is 21.8. The van der Waals surface area contributed by atoms with Gasteiger partial charge < -0.3 is 15.7 Å². The van der Waals surface area contributed by atoms with E-state index in [1.54, 1.807) is 19.1 Å². The highest BCUT2D eigenvalue weighted by Crippen LogP contribution is 2.34. The number of para-hydroxylation sites is 1. The number of pyridine rings is 1. The summed E-state index contributed by atoms with van der Waals surface area (Å²) in [6, 6.07) is 12.3. The maximum absolute atomic E-state index is 13.6. The van der Waals surface area contributed by atoms with E-state index in [-0.39, 0.29) is 17.3 Å². The van der Waals surface area contributed by atoms with Crippen molar-refractivity contribution in [2.24, 2.45) is 5.92 Å². The van der Waals surface area contributed by atoms with Crippen molar-refractivity contribution in [3.63, 3.8) is 0 Å². The molecular weight excluding hydrogens is 468 g/mol. The number of rotatable bonds is 6. The summed E-state index contributed by atoms with van der Waals surface area (Å²) in [4.78, 5) is 43.5. The summed E-state index contributed by atoms with van der Waals surface area (Å²) in [5, 5.41) is 19.2. The van der Waals surface area contributed by atoms with E-state index in [4.69, 9.17) is 0 Å². The van der Waals surface area contributed by atoms with Crippen LogP contribution in [0.25, 0.3) is 10.9 Å². The lowest BCUT2D eigenvalue weighted by molar-refractivity contribution is -0.146. The van der Waals surface area contributed by atoms with Gasteiger partial charge in [-0.1, -0.05) is 55.2 Å². The zero-order chi connectivity index (χ0) is 26.7. The number of amides is 3. The van der Waals surface area contributed by atoms with Gasteiger partial charge in [0.05, 0.1) is 11.1 Å². The van der Waals surface area contributed by atoms with Crippen molar-refractivity contribution < 1.29 is 19.5 Å². The van der Waals surface area contributed by atoms with Gasteiger partial charge in [0.15, 0.2) is 0 Å². The summed E-state index contributed by atoms with van der Waals surface area (Å²) in [6.45, 7) is 7.40. The number of carboxylic acids is 1. The van der Waals surface area contributed by atoms with Crippen LogP contribution in [0.2, 0.25) is 0 Å². The van der Waals surface area contributed by atoms with Gasteiger partial charge in [-0.3, -0.25) is 10.1 Å². The minimum absolute atomic E-state index is 0.0625. The number of carboxylic acid groups (broad SMARTS) is 1. The molecule has 2 aromatic carbocycles. The van der Waals surface area contributed by atoms with Gasteiger partial charge in [-0.25, -0.2) is 14.6 Å². The molecule has 1 aliphatic carbocycles. The van der Waals surface area contributed by atoms with Crippen LogP contribution in [0.1, 0.15) is 66.1 Å². The Hall–Kier alpha value is -3.94. The van der Waals surface area contributed by atoms with Crippen LogP contribution in [0, 0.1) is 26.7 Å². The fourth-order valence-electron chi connectivity index (χ4n) is 5.33. The van der Waals surface area contributed by atoms with Crippen molar-refractivity contribution in [2.45, 2.75) is 65.3 Å². The number of hydrogen-bond donors (Lipinski definition) is 4. The summed E-state index contributed by atoms with van der Waals surface area (Å²) in [5.41, 5.74) is 2.89. The van der Waals surface area contributed by atoms with Crippen molar-refractivity contribution in [1.29, 1.82) is 0 Å². The Labute approximate surface area is 216 Å². The second kappa shape index (κ2) is 10.6. The van der Waals surface area contributed by atoms with Gasteiger partial charge in [-0.15, -0.1) is 0 Å². The normalized spacial score (nSPS) is 15.6. The smallest absolute Gasteiger partial charge is 0.329 e. The molecule has 4 N–H and O–H groups in total. The number of hydrogen-bond acceptors (Lipinski definition) is 4. The molecule has 194 valence electrons. The molecule has 3 aromatic rings. The molecule has 0 radical (unpaired) electrons. The fraction of sp³-hybridized carbons (Fsp3) is 0.379. The van der Waals surface area contributed by atoms with E-state index in [0.717, 1.165) is 48.8 Å². The maximum Gasteiger partial charge on any atom is 0.329 e. The number of nitrogens with one attached hydrogen (secondary N) is 3. The van der Waals surface area contributed by atoms with Gasteiger partial charge in [0.25, 0.3) is 5.91 Å². The summed E-state index contributed by atoms with van der Waals surface area (Å²) in [7, 11) is 0. The van der Waals surface area contributed by atoms with Crippen LogP contribution in [0.5, 0.6) is 0 Å². The van der Waals surface area contributed by atoms with Crippen LogP contribution >= 0.6 is 0 Å². The van der Waals surface area contributed by atoms with Crippen molar-refractivity contribution in [2.75, 3.05) is 10.6 Å². The van der Waals surface area contributed by atoms with E-state index in [1.165, 1.54) is 0 Å². The number of fused-ring (bicyclic) bond motifs is 1. The average molecular weight is 503 g/mol. The first-order valence-corrected chi connectivity index (χ1v) is 12.7. The van der Waals surface area contributed by atoms with Crippen LogP contribution in [0.15, 0.2) is 42.5 Å². The molecule has 0 bridgehead atoms. The first kappa shape index (κ1) is 26.1. The molecule has 0 unspecified atom stereocenters. The quantitative estimate of drug-likeness (QED) is 0.332. The van der Waals surface area contributed by atoms with Crippen LogP contribution in [-0.4, -0.2) is 33.5 Å². The third-order valence-electron chi connectivity index (χ3n) is 7.36. The molecular formula is C29H34N4O4. The van der Waals surface area contributed by atoms with E-state index in [2.05, 4.69) is 20.9 Å². The van der Waals surface area contributed by atoms with Gasteiger partial charge >= 0.3 is 12.0 Å². The van der Waals surface area contributed by atoms with Crippen LogP contribution in [-0.2, 0) is 4.79 Å². The SMILES string of the molecule is Cc1cc(C)c(NC(=O)Nc2nc3ccccc3cc2C(=O)N[C@](C)(C(=O)O)C2CCCCC2)c(C)c1. The lowest BCUT2D eigenvalue weighted by atomic mass is 9.75. The summed E-state index contributed by atoms with van der Waals surface area (Å²) in [5.74, 6) is -1.78. The Kier molecular flexibility index (Phi) is 7.47. The predicted octanol–water partition coefficient (Wildman–Crippen LogP) is 5.96. The van der Waals surface area contributed by atoms with Gasteiger partial charge in [0.2, 0.25) is 0 Å². The standard InChI is InChI=1S/C29H34N4O4/c1-17-14-18(2)24(19(3)15-17)31-28(37)32-25-22(16-20-10-8-9-13-23(20)30-25)26(34)33-29(4,27(35)36)21-11-6-5-7-12-21/h8-10,13-16,21H,5-7,11-12H2,1-4H3,(H,33,34)(H,35,36)(H2,30,31,32,37)/t29-/m0/s1. The van der Waals surface area contributed by atoms with Crippen LogP contribution < -0.4 is 16.0 Å². The molecule has 8 nitrogen and oxygen atoms in total. The van der Waals surface area contributed by atoms with Crippen molar-refractivity contribution in [1.82, 2.24) is 10.3 Å². The Morgan fingerprint density at radius 1 is 0.946 bits per heavy atom.